The molecule has 1 aromatic carbocycles. The van der Waals surface area contributed by atoms with Gasteiger partial charge < -0.3 is 37.9 Å². The van der Waals surface area contributed by atoms with Gasteiger partial charge in [0.25, 0.3) is 0 Å². The van der Waals surface area contributed by atoms with Crippen molar-refractivity contribution < 1.29 is 24.3 Å². The molecule has 2 aromatic rings. The molecule has 3 atom stereocenters. The van der Waals surface area contributed by atoms with Crippen LogP contribution in [0.5, 0.6) is 0 Å². The molecule has 0 saturated heterocycles. The molecule has 174 valence electrons. The van der Waals surface area contributed by atoms with Crippen molar-refractivity contribution in [3.63, 3.8) is 0 Å². The highest BCUT2D eigenvalue weighted by Crippen LogP contribution is 2.19. The number of primary amides is 1. The van der Waals surface area contributed by atoms with Crippen LogP contribution < -0.4 is 27.8 Å². The monoisotopic (exact) mass is 446 g/mol. The molecule has 0 aliphatic heterocycles. The Kier molecular flexibility index (Phi) is 9.17. The van der Waals surface area contributed by atoms with E-state index in [1.54, 1.807) is 6.20 Å². The molecule has 0 spiro atoms. The van der Waals surface area contributed by atoms with Crippen molar-refractivity contribution in [1.29, 1.82) is 0 Å². The van der Waals surface area contributed by atoms with Crippen molar-refractivity contribution in [3.8, 4) is 0 Å². The molecule has 11 heteroatoms. The molecular formula is C21H30N6O5. The number of hydrogen-bond donors (Lipinski definition) is 7. The average Bonchev–Trinajstić information content (AvgIpc) is 3.14. The second kappa shape index (κ2) is 11.8. The average molecular weight is 447 g/mol. The fourth-order valence-electron chi connectivity index (χ4n) is 3.34. The normalized spacial score (nSPS) is 13.8. The van der Waals surface area contributed by atoms with Crippen LogP contribution in [0.2, 0.25) is 0 Å². The number of aliphatic carboxylic acids is 1. The minimum Gasteiger partial charge on any atom is -0.480 e. The number of H-pyrrole nitrogens is 1. The number of aromatic nitrogens is 1. The van der Waals surface area contributed by atoms with Gasteiger partial charge in [0, 0.05) is 23.5 Å². The number of rotatable bonds is 13. The summed E-state index contributed by atoms with van der Waals surface area (Å²) in [7, 11) is 0. The highest BCUT2D eigenvalue weighted by molar-refractivity contribution is 5.94. The molecule has 3 amide bonds. The third kappa shape index (κ3) is 7.06. The number of carboxylic acids is 1. The maximum atomic E-state index is 13.0. The lowest BCUT2D eigenvalue weighted by Gasteiger charge is -2.22. The molecule has 1 aromatic heterocycles. The van der Waals surface area contributed by atoms with Crippen LogP contribution >= 0.6 is 0 Å². The highest BCUT2D eigenvalue weighted by Gasteiger charge is 2.29. The van der Waals surface area contributed by atoms with Crippen LogP contribution in [0.1, 0.15) is 31.2 Å². The number of unbranched alkanes of at least 4 members (excludes halogenated alkanes) is 1. The summed E-state index contributed by atoms with van der Waals surface area (Å²) in [5.41, 5.74) is 17.8. The Hall–Kier alpha value is -3.44. The van der Waals surface area contributed by atoms with E-state index in [1.807, 2.05) is 24.3 Å². The standard InChI is InChI=1S/C21H30N6O5/c22-8-4-3-7-16(21(31)32)26-20(30)17(27-19(29)14(23)10-18(24)28)9-12-11-25-15-6-2-1-5-13(12)15/h1-2,5-6,11,14,16-17,25H,3-4,7-10,22-23H2,(H2,24,28)(H,26,30)(H,27,29)(H,31,32). The van der Waals surface area contributed by atoms with Crippen LogP contribution in [0, 0.1) is 0 Å². The van der Waals surface area contributed by atoms with E-state index >= 15 is 0 Å². The number of aromatic amines is 1. The number of carbonyl (C=O) groups excluding carboxylic acids is 3. The van der Waals surface area contributed by atoms with Crippen LogP contribution in [0.25, 0.3) is 10.9 Å². The van der Waals surface area contributed by atoms with E-state index in [-0.39, 0.29) is 19.3 Å². The van der Waals surface area contributed by atoms with Crippen LogP contribution in [-0.4, -0.2) is 58.5 Å². The molecule has 32 heavy (non-hydrogen) atoms. The summed E-state index contributed by atoms with van der Waals surface area (Å²) in [5, 5.41) is 15.3. The smallest absolute Gasteiger partial charge is 0.326 e. The lowest BCUT2D eigenvalue weighted by molar-refractivity contribution is -0.142. The minimum absolute atomic E-state index is 0.0834. The Bertz CT molecular complexity index is 959. The molecule has 0 fully saturated rings. The molecule has 1 heterocycles. The molecule has 0 saturated carbocycles. The van der Waals surface area contributed by atoms with E-state index in [4.69, 9.17) is 17.2 Å². The van der Waals surface area contributed by atoms with Crippen molar-refractivity contribution in [1.82, 2.24) is 15.6 Å². The predicted molar refractivity (Wildman–Crippen MR) is 118 cm³/mol. The van der Waals surface area contributed by atoms with E-state index in [1.165, 1.54) is 0 Å². The molecule has 0 bridgehead atoms. The Morgan fingerprint density at radius 3 is 2.38 bits per heavy atom. The van der Waals surface area contributed by atoms with Crippen LogP contribution in [0.3, 0.4) is 0 Å². The Balaban J connectivity index is 2.21. The number of carbonyl (C=O) groups is 4. The summed E-state index contributed by atoms with van der Waals surface area (Å²) in [6.45, 7) is 0.414. The van der Waals surface area contributed by atoms with Crippen LogP contribution in [0.15, 0.2) is 30.5 Å². The quantitative estimate of drug-likeness (QED) is 0.193. The Labute approximate surface area is 185 Å². The van der Waals surface area contributed by atoms with Gasteiger partial charge >= 0.3 is 5.97 Å². The molecule has 0 radical (unpaired) electrons. The van der Waals surface area contributed by atoms with Gasteiger partial charge in [-0.25, -0.2) is 4.79 Å². The summed E-state index contributed by atoms with van der Waals surface area (Å²) < 4.78 is 0. The van der Waals surface area contributed by atoms with Gasteiger partial charge in [0.1, 0.15) is 12.1 Å². The van der Waals surface area contributed by atoms with Crippen molar-refractivity contribution in [2.75, 3.05) is 6.54 Å². The molecule has 0 aliphatic carbocycles. The van der Waals surface area contributed by atoms with E-state index in [0.717, 1.165) is 16.5 Å². The summed E-state index contributed by atoms with van der Waals surface area (Å²) in [5.74, 6) is -3.34. The highest BCUT2D eigenvalue weighted by atomic mass is 16.4. The van der Waals surface area contributed by atoms with Gasteiger partial charge in [-0.1, -0.05) is 18.2 Å². The van der Waals surface area contributed by atoms with E-state index in [2.05, 4.69) is 15.6 Å². The van der Waals surface area contributed by atoms with Crippen LogP contribution in [0.4, 0.5) is 0 Å². The van der Waals surface area contributed by atoms with Crippen molar-refractivity contribution in [2.24, 2.45) is 17.2 Å². The fourth-order valence-corrected chi connectivity index (χ4v) is 3.34. The molecule has 0 aliphatic rings. The van der Waals surface area contributed by atoms with Gasteiger partial charge in [0.15, 0.2) is 0 Å². The largest absolute Gasteiger partial charge is 0.480 e. The lowest BCUT2D eigenvalue weighted by Crippen LogP contribution is -2.55. The topological polar surface area (TPSA) is 206 Å². The molecule has 3 unspecified atom stereocenters. The zero-order valence-corrected chi connectivity index (χ0v) is 17.7. The summed E-state index contributed by atoms with van der Waals surface area (Å²) >= 11 is 0. The van der Waals surface area contributed by atoms with E-state index in [9.17, 15) is 24.3 Å². The van der Waals surface area contributed by atoms with E-state index < -0.39 is 41.8 Å². The second-order valence-corrected chi connectivity index (χ2v) is 7.59. The van der Waals surface area contributed by atoms with Gasteiger partial charge in [-0.05, 0) is 37.4 Å². The number of benzene rings is 1. The number of nitrogens with one attached hydrogen (secondary N) is 3. The molecular weight excluding hydrogens is 416 g/mol. The molecule has 10 N–H and O–H groups in total. The van der Waals surface area contributed by atoms with Gasteiger partial charge in [-0.2, -0.15) is 0 Å². The Morgan fingerprint density at radius 2 is 1.72 bits per heavy atom. The fraction of sp³-hybridized carbons (Fsp3) is 0.429. The molecule has 2 rings (SSSR count). The van der Waals surface area contributed by atoms with Crippen molar-refractivity contribution >= 4 is 34.6 Å². The first-order valence-corrected chi connectivity index (χ1v) is 10.4. The number of hydrogen-bond acceptors (Lipinski definition) is 6. The first-order valence-electron chi connectivity index (χ1n) is 10.4. The van der Waals surface area contributed by atoms with Crippen molar-refractivity contribution in [2.45, 2.75) is 50.2 Å². The molecule has 11 nitrogen and oxygen atoms in total. The Morgan fingerprint density at radius 1 is 1.03 bits per heavy atom. The number of fused-ring (bicyclic) bond motifs is 1. The number of nitrogens with two attached hydrogens (primary N) is 3. The van der Waals surface area contributed by atoms with Gasteiger partial charge in [0.05, 0.1) is 12.5 Å². The third-order valence-corrected chi connectivity index (χ3v) is 5.05. The maximum absolute atomic E-state index is 13.0. The zero-order valence-electron chi connectivity index (χ0n) is 17.7. The van der Waals surface area contributed by atoms with Gasteiger partial charge in [0.2, 0.25) is 17.7 Å². The predicted octanol–water partition coefficient (Wildman–Crippen LogP) is -0.904. The van der Waals surface area contributed by atoms with Crippen molar-refractivity contribution in [3.05, 3.63) is 36.0 Å². The maximum Gasteiger partial charge on any atom is 0.326 e. The zero-order chi connectivity index (χ0) is 23.7. The second-order valence-electron chi connectivity index (χ2n) is 7.59. The number of carboxylic acid groups (broad SMARTS) is 1. The van der Waals surface area contributed by atoms with Gasteiger partial charge in [-0.3, -0.25) is 14.4 Å². The number of para-hydroxylation sites is 1. The van der Waals surface area contributed by atoms with Crippen LogP contribution in [-0.2, 0) is 25.6 Å². The third-order valence-electron chi connectivity index (χ3n) is 5.05. The van der Waals surface area contributed by atoms with Gasteiger partial charge in [-0.15, -0.1) is 0 Å². The summed E-state index contributed by atoms with van der Waals surface area (Å²) in [4.78, 5) is 51.2. The lowest BCUT2D eigenvalue weighted by atomic mass is 10.0. The SMILES string of the molecule is NCCCCC(NC(=O)C(Cc1c[nH]c2ccccc12)NC(=O)C(N)CC(N)=O)C(=O)O. The first kappa shape index (κ1) is 24.8. The van der Waals surface area contributed by atoms with E-state index in [0.29, 0.717) is 19.4 Å². The summed E-state index contributed by atoms with van der Waals surface area (Å²) in [6.07, 6.45) is 2.77. The first-order chi connectivity index (χ1) is 15.2. The minimum atomic E-state index is -1.23. The summed E-state index contributed by atoms with van der Waals surface area (Å²) in [6, 6.07) is 3.96. The number of amides is 3.